The van der Waals surface area contributed by atoms with Crippen molar-refractivity contribution in [3.63, 3.8) is 0 Å². The summed E-state index contributed by atoms with van der Waals surface area (Å²) in [5.41, 5.74) is 0.399. The summed E-state index contributed by atoms with van der Waals surface area (Å²) >= 11 is 1.02. The predicted molar refractivity (Wildman–Crippen MR) is 76.7 cm³/mol. The maximum Gasteiger partial charge on any atom is 0.347 e. The number of carbonyl (C=O) groups is 2. The molecular weight excluding hydrogens is 294 g/mol. The van der Waals surface area contributed by atoms with E-state index in [2.05, 4.69) is 10.3 Å². The standard InChI is InChI=1S/C13H13N3O4S/c1-7-11(13(19)20)21-9(15-7)6-14-12(18)8-3-4-16(2)10(17)5-8/h3-5H,6H2,1-2H3,(H,14,18)(H,19,20). The molecule has 2 aromatic heterocycles. The molecule has 110 valence electrons. The quantitative estimate of drug-likeness (QED) is 0.869. The minimum absolute atomic E-state index is 0.118. The first-order chi connectivity index (χ1) is 9.88. The number of nitrogens with one attached hydrogen (secondary N) is 1. The number of pyridine rings is 1. The Morgan fingerprint density at radius 1 is 1.48 bits per heavy atom. The molecule has 0 radical (unpaired) electrons. The molecule has 0 unspecified atom stereocenters. The van der Waals surface area contributed by atoms with Crippen molar-refractivity contribution in [1.29, 1.82) is 0 Å². The number of nitrogens with zero attached hydrogens (tertiary/aromatic N) is 2. The fourth-order valence-corrected chi connectivity index (χ4v) is 2.52. The van der Waals surface area contributed by atoms with Crippen LogP contribution in [-0.4, -0.2) is 26.5 Å². The van der Waals surface area contributed by atoms with Gasteiger partial charge in [-0.1, -0.05) is 0 Å². The number of aryl methyl sites for hydroxylation is 2. The van der Waals surface area contributed by atoms with E-state index in [-0.39, 0.29) is 22.5 Å². The molecule has 0 atom stereocenters. The van der Waals surface area contributed by atoms with Crippen molar-refractivity contribution in [2.45, 2.75) is 13.5 Å². The van der Waals surface area contributed by atoms with Gasteiger partial charge in [-0.15, -0.1) is 11.3 Å². The maximum atomic E-state index is 11.9. The van der Waals surface area contributed by atoms with Crippen molar-refractivity contribution < 1.29 is 14.7 Å². The normalized spacial score (nSPS) is 10.4. The van der Waals surface area contributed by atoms with E-state index < -0.39 is 11.9 Å². The van der Waals surface area contributed by atoms with Gasteiger partial charge < -0.3 is 15.0 Å². The monoisotopic (exact) mass is 307 g/mol. The van der Waals surface area contributed by atoms with Gasteiger partial charge in [-0.05, 0) is 13.0 Å². The van der Waals surface area contributed by atoms with Crippen LogP contribution in [0.25, 0.3) is 0 Å². The highest BCUT2D eigenvalue weighted by Gasteiger charge is 2.14. The fourth-order valence-electron chi connectivity index (χ4n) is 1.67. The van der Waals surface area contributed by atoms with Crippen LogP contribution in [0.3, 0.4) is 0 Å². The van der Waals surface area contributed by atoms with Gasteiger partial charge in [0.15, 0.2) is 0 Å². The van der Waals surface area contributed by atoms with Gasteiger partial charge in [0, 0.05) is 24.9 Å². The molecule has 0 bridgehead atoms. The number of carboxylic acids is 1. The summed E-state index contributed by atoms with van der Waals surface area (Å²) < 4.78 is 1.36. The lowest BCUT2D eigenvalue weighted by Crippen LogP contribution is -2.25. The first kappa shape index (κ1) is 14.9. The molecule has 1 amide bonds. The van der Waals surface area contributed by atoms with Gasteiger partial charge in [-0.3, -0.25) is 9.59 Å². The second kappa shape index (κ2) is 5.88. The molecule has 2 heterocycles. The molecule has 0 aliphatic heterocycles. The lowest BCUT2D eigenvalue weighted by atomic mass is 10.2. The number of hydrogen-bond acceptors (Lipinski definition) is 5. The molecule has 0 saturated carbocycles. The Labute approximate surface area is 123 Å². The Morgan fingerprint density at radius 3 is 2.76 bits per heavy atom. The van der Waals surface area contributed by atoms with Crippen molar-refractivity contribution >= 4 is 23.2 Å². The number of carbonyl (C=O) groups excluding carboxylic acids is 1. The minimum Gasteiger partial charge on any atom is -0.477 e. The molecule has 2 rings (SSSR count). The molecule has 7 nitrogen and oxygen atoms in total. The second-order valence-corrected chi connectivity index (χ2v) is 5.46. The van der Waals surface area contributed by atoms with Gasteiger partial charge in [0.25, 0.3) is 11.5 Å². The Bertz CT molecular complexity index is 763. The average molecular weight is 307 g/mol. The second-order valence-electron chi connectivity index (χ2n) is 4.37. The molecule has 0 aliphatic rings. The number of aromatic nitrogens is 2. The Kier molecular flexibility index (Phi) is 4.18. The molecule has 2 aromatic rings. The van der Waals surface area contributed by atoms with Crippen LogP contribution in [0.1, 0.15) is 30.7 Å². The van der Waals surface area contributed by atoms with Crippen molar-refractivity contribution in [2.75, 3.05) is 0 Å². The lowest BCUT2D eigenvalue weighted by molar-refractivity contribution is 0.0701. The lowest BCUT2D eigenvalue weighted by Gasteiger charge is -2.03. The maximum absolute atomic E-state index is 11.9. The third kappa shape index (κ3) is 3.34. The van der Waals surface area contributed by atoms with Crippen molar-refractivity contribution in [3.05, 3.63) is 49.8 Å². The van der Waals surface area contributed by atoms with Crippen LogP contribution in [0.4, 0.5) is 0 Å². The Morgan fingerprint density at radius 2 is 2.19 bits per heavy atom. The zero-order valence-electron chi connectivity index (χ0n) is 11.4. The summed E-state index contributed by atoms with van der Waals surface area (Å²) in [5.74, 6) is -1.44. The fraction of sp³-hybridized carbons (Fsp3) is 0.231. The van der Waals surface area contributed by atoms with Gasteiger partial charge in [-0.25, -0.2) is 9.78 Å². The van der Waals surface area contributed by atoms with Crippen LogP contribution in [0.5, 0.6) is 0 Å². The number of thiazole rings is 1. The van der Waals surface area contributed by atoms with Crippen LogP contribution in [0.15, 0.2) is 23.1 Å². The van der Waals surface area contributed by atoms with Crippen molar-refractivity contribution in [1.82, 2.24) is 14.9 Å². The molecule has 21 heavy (non-hydrogen) atoms. The summed E-state index contributed by atoms with van der Waals surface area (Å²) in [7, 11) is 1.59. The number of aromatic carboxylic acids is 1. The van der Waals surface area contributed by atoms with Gasteiger partial charge in [0.1, 0.15) is 9.88 Å². The Balaban J connectivity index is 2.07. The highest BCUT2D eigenvalue weighted by atomic mass is 32.1. The SMILES string of the molecule is Cc1nc(CNC(=O)c2ccn(C)c(=O)c2)sc1C(=O)O. The summed E-state index contributed by atoms with van der Waals surface area (Å²) in [6.07, 6.45) is 1.51. The molecule has 0 saturated heterocycles. The summed E-state index contributed by atoms with van der Waals surface area (Å²) in [4.78, 5) is 38.5. The van der Waals surface area contributed by atoms with Crippen molar-refractivity contribution in [2.24, 2.45) is 7.05 Å². The topological polar surface area (TPSA) is 101 Å². The number of amides is 1. The van der Waals surface area contributed by atoms with Gasteiger partial charge in [0.05, 0.1) is 12.2 Å². The molecule has 8 heteroatoms. The molecule has 0 aromatic carbocycles. The third-order valence-electron chi connectivity index (χ3n) is 2.80. The molecule has 0 fully saturated rings. The summed E-state index contributed by atoms with van der Waals surface area (Å²) in [6, 6.07) is 2.78. The predicted octanol–water partition coefficient (Wildman–Crippen LogP) is 0.778. The molecule has 0 spiro atoms. The summed E-state index contributed by atoms with van der Waals surface area (Å²) in [5, 5.41) is 12.0. The molecule has 0 aliphatic carbocycles. The number of carboxylic acid groups (broad SMARTS) is 1. The van der Waals surface area contributed by atoms with Crippen LogP contribution in [0, 0.1) is 6.92 Å². The molecule has 2 N–H and O–H groups in total. The largest absolute Gasteiger partial charge is 0.477 e. The van der Waals surface area contributed by atoms with E-state index in [0.717, 1.165) is 11.3 Å². The van der Waals surface area contributed by atoms with E-state index in [1.54, 1.807) is 14.0 Å². The summed E-state index contributed by atoms with van der Waals surface area (Å²) in [6.45, 7) is 1.72. The van der Waals surface area contributed by atoms with E-state index in [0.29, 0.717) is 10.7 Å². The van der Waals surface area contributed by atoms with Crippen LogP contribution in [0.2, 0.25) is 0 Å². The molecular formula is C13H13N3O4S. The van der Waals surface area contributed by atoms with E-state index in [1.807, 2.05) is 0 Å². The van der Waals surface area contributed by atoms with Crippen LogP contribution >= 0.6 is 11.3 Å². The van der Waals surface area contributed by atoms with E-state index in [4.69, 9.17) is 5.11 Å². The number of hydrogen-bond donors (Lipinski definition) is 2. The van der Waals surface area contributed by atoms with Gasteiger partial charge in [-0.2, -0.15) is 0 Å². The minimum atomic E-state index is -1.03. The van der Waals surface area contributed by atoms with Gasteiger partial charge in [0.2, 0.25) is 0 Å². The smallest absolute Gasteiger partial charge is 0.347 e. The Hall–Kier alpha value is -2.48. The third-order valence-corrected chi connectivity index (χ3v) is 3.95. The zero-order chi connectivity index (χ0) is 15.6. The highest BCUT2D eigenvalue weighted by Crippen LogP contribution is 2.17. The van der Waals surface area contributed by atoms with Gasteiger partial charge >= 0.3 is 5.97 Å². The first-order valence-electron chi connectivity index (χ1n) is 6.03. The highest BCUT2D eigenvalue weighted by molar-refractivity contribution is 7.13. The average Bonchev–Trinajstić information content (AvgIpc) is 2.80. The number of rotatable bonds is 4. The van der Waals surface area contributed by atoms with E-state index in [1.165, 1.54) is 22.9 Å². The van der Waals surface area contributed by atoms with Crippen LogP contribution < -0.4 is 10.9 Å². The van der Waals surface area contributed by atoms with E-state index >= 15 is 0 Å². The van der Waals surface area contributed by atoms with E-state index in [9.17, 15) is 14.4 Å². The van der Waals surface area contributed by atoms with Crippen LogP contribution in [-0.2, 0) is 13.6 Å². The van der Waals surface area contributed by atoms with Crippen molar-refractivity contribution in [3.8, 4) is 0 Å². The zero-order valence-corrected chi connectivity index (χ0v) is 12.2. The first-order valence-corrected chi connectivity index (χ1v) is 6.84.